The molecule has 1 aromatic carbocycles. The zero-order valence-corrected chi connectivity index (χ0v) is 10.00. The Balaban J connectivity index is 2.53. The van der Waals surface area contributed by atoms with Crippen LogP contribution in [0.2, 0.25) is 0 Å². The zero-order chi connectivity index (χ0) is 10.1. The van der Waals surface area contributed by atoms with Crippen LogP contribution in [0.3, 0.4) is 0 Å². The van der Waals surface area contributed by atoms with Crippen LogP contribution < -0.4 is 5.73 Å². The third-order valence-electron chi connectivity index (χ3n) is 2.41. The molecule has 0 bridgehead atoms. The maximum Gasteiger partial charge on any atom is 0.128 e. The average Bonchev–Trinajstić information content (AvgIpc) is 2.29. The molecule has 0 aromatic heterocycles. The van der Waals surface area contributed by atoms with Crippen molar-refractivity contribution in [3.05, 3.63) is 33.5 Å². The van der Waals surface area contributed by atoms with Crippen LogP contribution in [0.4, 0.5) is 4.39 Å². The van der Waals surface area contributed by atoms with Crippen molar-refractivity contribution in [2.75, 3.05) is 5.75 Å². The fourth-order valence-electron chi connectivity index (χ4n) is 1.65. The Kier molecular flexibility index (Phi) is 3.14. The number of benzene rings is 1. The van der Waals surface area contributed by atoms with Gasteiger partial charge in [0.2, 0.25) is 0 Å². The third-order valence-corrected chi connectivity index (χ3v) is 3.89. The van der Waals surface area contributed by atoms with Crippen LogP contribution in [0, 0.1) is 5.82 Å². The van der Waals surface area contributed by atoms with Crippen molar-refractivity contribution in [2.45, 2.75) is 18.2 Å². The number of nitrogens with two attached hydrogens (primary N) is 1. The van der Waals surface area contributed by atoms with E-state index in [2.05, 4.69) is 15.9 Å². The molecule has 0 aliphatic carbocycles. The van der Waals surface area contributed by atoms with Gasteiger partial charge in [0, 0.05) is 21.8 Å². The van der Waals surface area contributed by atoms with Gasteiger partial charge in [-0.05, 0) is 29.9 Å². The molecule has 0 fully saturated rings. The second kappa shape index (κ2) is 4.21. The molecule has 2 N–H and O–H groups in total. The van der Waals surface area contributed by atoms with Crippen LogP contribution >= 0.6 is 27.7 Å². The number of rotatable bonds is 0. The molecule has 1 aromatic rings. The molecule has 0 amide bonds. The van der Waals surface area contributed by atoms with E-state index in [1.54, 1.807) is 11.8 Å². The molecule has 1 heterocycles. The molecule has 2 rings (SSSR count). The summed E-state index contributed by atoms with van der Waals surface area (Å²) >= 11 is 5.04. The van der Waals surface area contributed by atoms with E-state index in [1.165, 1.54) is 6.07 Å². The van der Waals surface area contributed by atoms with Gasteiger partial charge in [-0.25, -0.2) is 4.39 Å². The van der Waals surface area contributed by atoms with E-state index < -0.39 is 0 Å². The second-order valence-corrected chi connectivity index (χ2v) is 5.42. The summed E-state index contributed by atoms with van der Waals surface area (Å²) in [4.78, 5) is 0. The first kappa shape index (κ1) is 10.5. The Labute approximate surface area is 95.4 Å². The van der Waals surface area contributed by atoms with E-state index in [0.29, 0.717) is 0 Å². The standard InChI is InChI=1S/C10H11BrFNS/c11-6-3-7-8(9(12)4-6)5-14-2-1-10(7)13/h3-4,10H,1-2,5,13H2/t10-/m1/s1. The average molecular weight is 276 g/mol. The molecule has 0 unspecified atom stereocenters. The minimum Gasteiger partial charge on any atom is -0.324 e. The number of thioether (sulfide) groups is 1. The number of halogens is 2. The van der Waals surface area contributed by atoms with Crippen LogP contribution in [0.25, 0.3) is 0 Å². The summed E-state index contributed by atoms with van der Waals surface area (Å²) < 4.78 is 14.4. The first-order valence-electron chi connectivity index (χ1n) is 4.49. The van der Waals surface area contributed by atoms with Gasteiger partial charge >= 0.3 is 0 Å². The highest BCUT2D eigenvalue weighted by Crippen LogP contribution is 2.32. The number of fused-ring (bicyclic) bond motifs is 1. The van der Waals surface area contributed by atoms with Gasteiger partial charge < -0.3 is 5.73 Å². The van der Waals surface area contributed by atoms with Crippen molar-refractivity contribution in [1.82, 2.24) is 0 Å². The van der Waals surface area contributed by atoms with Crippen molar-refractivity contribution in [1.29, 1.82) is 0 Å². The Hall–Kier alpha value is -0.0600. The maximum atomic E-state index is 13.6. The fourth-order valence-corrected chi connectivity index (χ4v) is 3.17. The first-order chi connectivity index (χ1) is 6.68. The topological polar surface area (TPSA) is 26.0 Å². The molecule has 4 heteroatoms. The zero-order valence-electron chi connectivity index (χ0n) is 7.59. The van der Waals surface area contributed by atoms with Crippen LogP contribution in [0.5, 0.6) is 0 Å². The Morgan fingerprint density at radius 2 is 2.29 bits per heavy atom. The molecule has 0 spiro atoms. The summed E-state index contributed by atoms with van der Waals surface area (Å²) in [5.41, 5.74) is 7.72. The summed E-state index contributed by atoms with van der Waals surface area (Å²) in [6, 6.07) is 3.43. The minimum absolute atomic E-state index is 0.0213. The van der Waals surface area contributed by atoms with E-state index in [1.807, 2.05) is 6.07 Å². The summed E-state index contributed by atoms with van der Waals surface area (Å²) in [6.07, 6.45) is 0.924. The van der Waals surface area contributed by atoms with E-state index in [9.17, 15) is 4.39 Å². The predicted molar refractivity (Wildman–Crippen MR) is 61.8 cm³/mol. The molecule has 1 aliphatic rings. The highest BCUT2D eigenvalue weighted by Gasteiger charge is 2.19. The normalized spacial score (nSPS) is 21.5. The Bertz CT molecular complexity index is 356. The van der Waals surface area contributed by atoms with E-state index >= 15 is 0 Å². The lowest BCUT2D eigenvalue weighted by molar-refractivity contribution is 0.605. The van der Waals surface area contributed by atoms with Gasteiger partial charge in [-0.15, -0.1) is 0 Å². The molecule has 76 valence electrons. The van der Waals surface area contributed by atoms with Gasteiger partial charge in [-0.1, -0.05) is 15.9 Å². The van der Waals surface area contributed by atoms with Crippen LogP contribution in [-0.4, -0.2) is 5.75 Å². The summed E-state index contributed by atoms with van der Waals surface area (Å²) in [5, 5.41) is 0. The summed E-state index contributed by atoms with van der Waals surface area (Å²) in [7, 11) is 0. The van der Waals surface area contributed by atoms with Gasteiger partial charge in [0.1, 0.15) is 5.82 Å². The van der Waals surface area contributed by atoms with Crippen molar-refractivity contribution >= 4 is 27.7 Å². The summed E-state index contributed by atoms with van der Waals surface area (Å²) in [5.74, 6) is 1.61. The second-order valence-electron chi connectivity index (χ2n) is 3.40. The van der Waals surface area contributed by atoms with E-state index in [4.69, 9.17) is 5.73 Å². The molecule has 0 saturated carbocycles. The Morgan fingerprint density at radius 3 is 3.07 bits per heavy atom. The molecule has 1 aliphatic heterocycles. The van der Waals surface area contributed by atoms with Gasteiger partial charge in [-0.2, -0.15) is 11.8 Å². The van der Waals surface area contributed by atoms with E-state index in [-0.39, 0.29) is 11.9 Å². The van der Waals surface area contributed by atoms with Crippen LogP contribution in [0.15, 0.2) is 16.6 Å². The molecular formula is C10H11BrFNS. The largest absolute Gasteiger partial charge is 0.324 e. The van der Waals surface area contributed by atoms with Crippen molar-refractivity contribution in [3.8, 4) is 0 Å². The minimum atomic E-state index is -0.140. The van der Waals surface area contributed by atoms with Crippen LogP contribution in [0.1, 0.15) is 23.6 Å². The smallest absolute Gasteiger partial charge is 0.128 e. The summed E-state index contributed by atoms with van der Waals surface area (Å²) in [6.45, 7) is 0. The fraction of sp³-hybridized carbons (Fsp3) is 0.400. The van der Waals surface area contributed by atoms with Crippen molar-refractivity contribution in [3.63, 3.8) is 0 Å². The lowest BCUT2D eigenvalue weighted by Gasteiger charge is -2.13. The van der Waals surface area contributed by atoms with Gasteiger partial charge in [0.05, 0.1) is 0 Å². The van der Waals surface area contributed by atoms with Gasteiger partial charge in [-0.3, -0.25) is 0 Å². The predicted octanol–water partition coefficient (Wildman–Crippen LogP) is 3.22. The monoisotopic (exact) mass is 275 g/mol. The maximum absolute atomic E-state index is 13.6. The molecular weight excluding hydrogens is 265 g/mol. The number of hydrogen-bond donors (Lipinski definition) is 1. The van der Waals surface area contributed by atoms with Gasteiger partial charge in [0.25, 0.3) is 0 Å². The van der Waals surface area contributed by atoms with E-state index in [0.717, 1.165) is 33.5 Å². The van der Waals surface area contributed by atoms with Crippen LogP contribution in [-0.2, 0) is 5.75 Å². The molecule has 0 saturated heterocycles. The molecule has 14 heavy (non-hydrogen) atoms. The quantitative estimate of drug-likeness (QED) is 0.787. The van der Waals surface area contributed by atoms with Gasteiger partial charge in [0.15, 0.2) is 0 Å². The molecule has 1 nitrogen and oxygen atoms in total. The number of hydrogen-bond acceptors (Lipinski definition) is 2. The lowest BCUT2D eigenvalue weighted by atomic mass is 10.00. The van der Waals surface area contributed by atoms with Crippen molar-refractivity contribution in [2.24, 2.45) is 5.73 Å². The third kappa shape index (κ3) is 1.97. The SMILES string of the molecule is N[C@@H]1CCSCc2c(F)cc(Br)cc21. The lowest BCUT2D eigenvalue weighted by Crippen LogP contribution is -2.12. The molecule has 1 atom stereocenters. The van der Waals surface area contributed by atoms with Crippen molar-refractivity contribution < 1.29 is 4.39 Å². The molecule has 0 radical (unpaired) electrons. The first-order valence-corrected chi connectivity index (χ1v) is 6.44. The highest BCUT2D eigenvalue weighted by molar-refractivity contribution is 9.10. The Morgan fingerprint density at radius 1 is 1.50 bits per heavy atom. The highest BCUT2D eigenvalue weighted by atomic mass is 79.9.